The summed E-state index contributed by atoms with van der Waals surface area (Å²) in [7, 11) is 0. The number of aromatic nitrogens is 1. The number of benzene rings is 1. The third-order valence-corrected chi connectivity index (χ3v) is 4.21. The monoisotopic (exact) mass is 367 g/mol. The highest BCUT2D eigenvalue weighted by Crippen LogP contribution is 2.27. The Morgan fingerprint density at radius 1 is 1.36 bits per heavy atom. The van der Waals surface area contributed by atoms with E-state index in [0.29, 0.717) is 31.1 Å². The second-order valence-electron chi connectivity index (χ2n) is 7.10. The van der Waals surface area contributed by atoms with Gasteiger partial charge >= 0.3 is 0 Å². The highest BCUT2D eigenvalue weighted by Gasteiger charge is 2.31. The van der Waals surface area contributed by atoms with E-state index in [1.165, 1.54) is 12.1 Å². The van der Waals surface area contributed by atoms with Crippen LogP contribution in [0.4, 0.5) is 4.39 Å². The lowest BCUT2D eigenvalue weighted by atomic mass is 9.93. The minimum Gasteiger partial charge on any atom is -0.360 e. The Labute approximate surface area is 153 Å². The second kappa shape index (κ2) is 7.54. The first kappa shape index (κ1) is 19.4. The normalized spacial score (nSPS) is 17.9. The lowest BCUT2D eigenvalue weighted by Gasteiger charge is -2.36. The number of hydrogen-bond acceptors (Lipinski definition) is 4. The molecular formula is C18H23ClFN3O2. The van der Waals surface area contributed by atoms with E-state index in [-0.39, 0.29) is 35.6 Å². The molecule has 1 aromatic heterocycles. The molecule has 25 heavy (non-hydrogen) atoms. The molecule has 1 unspecified atom stereocenters. The highest BCUT2D eigenvalue weighted by atomic mass is 35.5. The van der Waals surface area contributed by atoms with Crippen molar-refractivity contribution >= 4 is 18.3 Å². The number of hydrogen-bond donors (Lipinski definition) is 1. The molecule has 136 valence electrons. The molecule has 0 aliphatic carbocycles. The molecule has 0 bridgehead atoms. The van der Waals surface area contributed by atoms with Crippen molar-refractivity contribution in [2.24, 2.45) is 0 Å². The Morgan fingerprint density at radius 3 is 2.76 bits per heavy atom. The van der Waals surface area contributed by atoms with Gasteiger partial charge in [0.25, 0.3) is 5.91 Å². The van der Waals surface area contributed by atoms with Crippen molar-refractivity contribution in [1.82, 2.24) is 15.4 Å². The summed E-state index contributed by atoms with van der Waals surface area (Å²) in [6.07, 6.45) is 0. The van der Waals surface area contributed by atoms with Gasteiger partial charge in [0.2, 0.25) is 0 Å². The van der Waals surface area contributed by atoms with Crippen LogP contribution in [-0.2, 0) is 5.41 Å². The summed E-state index contributed by atoms with van der Waals surface area (Å²) >= 11 is 0. The number of halogens is 2. The van der Waals surface area contributed by atoms with E-state index in [0.717, 1.165) is 5.56 Å². The summed E-state index contributed by atoms with van der Waals surface area (Å²) in [5.74, 6) is 0.176. The summed E-state index contributed by atoms with van der Waals surface area (Å²) in [6.45, 7) is 7.82. The molecule has 1 atom stereocenters. The molecule has 1 aliphatic heterocycles. The molecule has 1 saturated heterocycles. The fourth-order valence-corrected chi connectivity index (χ4v) is 2.84. The molecule has 7 heteroatoms. The molecular weight excluding hydrogens is 345 g/mol. The fraction of sp³-hybridized carbons (Fsp3) is 0.444. The molecule has 0 saturated carbocycles. The van der Waals surface area contributed by atoms with Crippen LogP contribution in [0.2, 0.25) is 0 Å². The first-order valence-corrected chi connectivity index (χ1v) is 8.10. The van der Waals surface area contributed by atoms with Gasteiger partial charge in [0.05, 0.1) is 6.04 Å². The van der Waals surface area contributed by atoms with Crippen LogP contribution in [0.15, 0.2) is 34.9 Å². The van der Waals surface area contributed by atoms with Crippen molar-refractivity contribution in [3.05, 3.63) is 53.2 Å². The van der Waals surface area contributed by atoms with Crippen LogP contribution in [0.1, 0.15) is 48.6 Å². The summed E-state index contributed by atoms with van der Waals surface area (Å²) in [6, 6.07) is 7.85. The Balaban J connectivity index is 0.00000225. The maximum Gasteiger partial charge on any atom is 0.276 e. The molecule has 2 heterocycles. The number of rotatable bonds is 2. The van der Waals surface area contributed by atoms with Crippen LogP contribution in [0.25, 0.3) is 0 Å². The molecule has 1 aliphatic rings. The molecule has 1 aromatic carbocycles. The SMILES string of the molecule is CC(C)(C)c1cc(C(=O)N2CCNCC2c2cccc(F)c2)no1.Cl. The van der Waals surface area contributed by atoms with Crippen molar-refractivity contribution < 1.29 is 13.7 Å². The van der Waals surface area contributed by atoms with Gasteiger partial charge in [-0.25, -0.2) is 4.39 Å². The number of amides is 1. The largest absolute Gasteiger partial charge is 0.360 e. The zero-order chi connectivity index (χ0) is 17.3. The van der Waals surface area contributed by atoms with Crippen molar-refractivity contribution in [3.8, 4) is 0 Å². The van der Waals surface area contributed by atoms with Crippen LogP contribution in [0.3, 0.4) is 0 Å². The smallest absolute Gasteiger partial charge is 0.276 e. The number of carbonyl (C=O) groups is 1. The van der Waals surface area contributed by atoms with Gasteiger partial charge < -0.3 is 14.7 Å². The van der Waals surface area contributed by atoms with Gasteiger partial charge in [0, 0.05) is 31.1 Å². The van der Waals surface area contributed by atoms with Crippen LogP contribution in [0.5, 0.6) is 0 Å². The molecule has 1 fully saturated rings. The maximum absolute atomic E-state index is 13.6. The molecule has 1 amide bonds. The average Bonchev–Trinajstić information content (AvgIpc) is 3.04. The van der Waals surface area contributed by atoms with Gasteiger partial charge in [-0.3, -0.25) is 4.79 Å². The van der Waals surface area contributed by atoms with Crippen molar-refractivity contribution in [2.75, 3.05) is 19.6 Å². The summed E-state index contributed by atoms with van der Waals surface area (Å²) < 4.78 is 18.9. The molecule has 1 N–H and O–H groups in total. The first-order chi connectivity index (χ1) is 11.4. The third kappa shape index (κ3) is 4.19. The van der Waals surface area contributed by atoms with E-state index in [1.807, 2.05) is 26.8 Å². The number of nitrogens with one attached hydrogen (secondary N) is 1. The van der Waals surface area contributed by atoms with Gasteiger partial charge in [-0.15, -0.1) is 12.4 Å². The molecule has 0 spiro atoms. The zero-order valence-electron chi connectivity index (χ0n) is 14.6. The van der Waals surface area contributed by atoms with E-state index in [9.17, 15) is 9.18 Å². The van der Waals surface area contributed by atoms with Gasteiger partial charge in [-0.05, 0) is 17.7 Å². The summed E-state index contributed by atoms with van der Waals surface area (Å²) in [5.41, 5.74) is 0.857. The minimum absolute atomic E-state index is 0. The Kier molecular flexibility index (Phi) is 5.85. The van der Waals surface area contributed by atoms with Crippen LogP contribution in [0, 0.1) is 5.82 Å². The Morgan fingerprint density at radius 2 is 2.12 bits per heavy atom. The Bertz CT molecular complexity index is 742. The average molecular weight is 368 g/mol. The first-order valence-electron chi connectivity index (χ1n) is 8.10. The highest BCUT2D eigenvalue weighted by molar-refractivity contribution is 5.92. The molecule has 0 radical (unpaired) electrons. The van der Waals surface area contributed by atoms with E-state index >= 15 is 0 Å². The fourth-order valence-electron chi connectivity index (χ4n) is 2.84. The standard InChI is InChI=1S/C18H22FN3O2.ClH/c1-18(2,3)16-10-14(21-24-16)17(23)22-8-7-20-11-15(22)12-5-4-6-13(19)9-12;/h4-6,9-10,15,20H,7-8,11H2,1-3H3;1H. The van der Waals surface area contributed by atoms with Gasteiger partial charge in [-0.1, -0.05) is 38.1 Å². The third-order valence-electron chi connectivity index (χ3n) is 4.21. The van der Waals surface area contributed by atoms with Crippen molar-refractivity contribution in [1.29, 1.82) is 0 Å². The summed E-state index contributed by atoms with van der Waals surface area (Å²) in [5, 5.41) is 7.20. The Hall–Kier alpha value is -1.92. The lowest BCUT2D eigenvalue weighted by Crippen LogP contribution is -2.48. The molecule has 3 rings (SSSR count). The van der Waals surface area contributed by atoms with Crippen molar-refractivity contribution in [2.45, 2.75) is 32.2 Å². The maximum atomic E-state index is 13.6. The quantitative estimate of drug-likeness (QED) is 0.884. The van der Waals surface area contributed by atoms with Crippen molar-refractivity contribution in [3.63, 3.8) is 0 Å². The molecule has 5 nitrogen and oxygen atoms in total. The van der Waals surface area contributed by atoms with Gasteiger partial charge in [0.15, 0.2) is 5.69 Å². The van der Waals surface area contributed by atoms with Gasteiger partial charge in [0.1, 0.15) is 11.6 Å². The lowest BCUT2D eigenvalue weighted by molar-refractivity contribution is 0.0623. The van der Waals surface area contributed by atoms with E-state index in [4.69, 9.17) is 4.52 Å². The van der Waals surface area contributed by atoms with Crippen LogP contribution in [-0.4, -0.2) is 35.6 Å². The van der Waals surface area contributed by atoms with E-state index < -0.39 is 0 Å². The predicted molar refractivity (Wildman–Crippen MR) is 95.5 cm³/mol. The number of carbonyl (C=O) groups excluding carboxylic acids is 1. The predicted octanol–water partition coefficient (Wildman–Crippen LogP) is 3.32. The second-order valence-corrected chi connectivity index (χ2v) is 7.10. The van der Waals surface area contributed by atoms with Crippen LogP contribution < -0.4 is 5.32 Å². The number of piperazine rings is 1. The topological polar surface area (TPSA) is 58.4 Å². The van der Waals surface area contributed by atoms with E-state index in [1.54, 1.807) is 17.0 Å². The minimum atomic E-state index is -0.304. The van der Waals surface area contributed by atoms with Gasteiger partial charge in [-0.2, -0.15) is 0 Å². The molecule has 2 aromatic rings. The van der Waals surface area contributed by atoms with Crippen LogP contribution >= 0.6 is 12.4 Å². The zero-order valence-corrected chi connectivity index (χ0v) is 15.4. The number of nitrogens with zero attached hydrogens (tertiary/aromatic N) is 2. The summed E-state index contributed by atoms with van der Waals surface area (Å²) in [4.78, 5) is 14.6. The van der Waals surface area contributed by atoms with E-state index in [2.05, 4.69) is 10.5 Å².